The molecule has 35 heavy (non-hydrogen) atoms. The van der Waals surface area contributed by atoms with E-state index >= 15 is 0 Å². The molecule has 3 rings (SSSR count). The zero-order chi connectivity index (χ0) is 25.4. The Morgan fingerprint density at radius 3 is 2.34 bits per heavy atom. The molecule has 0 unspecified atom stereocenters. The highest BCUT2D eigenvalue weighted by Crippen LogP contribution is 2.21. The van der Waals surface area contributed by atoms with E-state index in [1.807, 2.05) is 31.1 Å². The van der Waals surface area contributed by atoms with E-state index in [1.54, 1.807) is 42.5 Å². The average Bonchev–Trinajstić information content (AvgIpc) is 2.84. The Hall–Kier alpha value is -4.99. The van der Waals surface area contributed by atoms with Crippen LogP contribution in [-0.2, 0) is 4.79 Å². The largest absolute Gasteiger partial charge is 0.508 e. The number of anilines is 1. The number of nitro groups is 1. The zero-order valence-electron chi connectivity index (χ0n) is 19.0. The maximum absolute atomic E-state index is 12.9. The summed E-state index contributed by atoms with van der Waals surface area (Å²) in [4.78, 5) is 38.0. The summed E-state index contributed by atoms with van der Waals surface area (Å²) < 4.78 is 0. The predicted molar refractivity (Wildman–Crippen MR) is 133 cm³/mol. The van der Waals surface area contributed by atoms with Gasteiger partial charge in [-0.2, -0.15) is 5.10 Å². The number of carbonyl (C=O) groups excluding carboxylic acids is 2. The van der Waals surface area contributed by atoms with Crippen LogP contribution >= 0.6 is 0 Å². The Morgan fingerprint density at radius 1 is 1.03 bits per heavy atom. The van der Waals surface area contributed by atoms with Crippen molar-refractivity contribution in [3.8, 4) is 5.75 Å². The quantitative estimate of drug-likeness (QED) is 0.199. The number of nitrogens with zero attached hydrogens (tertiary/aromatic N) is 3. The molecule has 2 amide bonds. The normalized spacial score (nSPS) is 11.2. The molecule has 3 aromatic carbocycles. The number of benzene rings is 3. The standard InChI is InChI=1S/C25H23N5O5/c1-29(2)20-10-8-17(9-11-20)14-22(27-24(32)18-6-4-3-5-7-18)25(33)28-26-16-19-15-21(31)12-13-23(19)30(34)35/h3-16,31H,1-2H3,(H,27,32)(H,28,33)/b22-14+,26-16+. The van der Waals surface area contributed by atoms with Gasteiger partial charge in [0.1, 0.15) is 11.4 Å². The summed E-state index contributed by atoms with van der Waals surface area (Å²) in [6.45, 7) is 0. The van der Waals surface area contributed by atoms with Crippen molar-refractivity contribution in [3.63, 3.8) is 0 Å². The van der Waals surface area contributed by atoms with Crippen LogP contribution < -0.4 is 15.6 Å². The summed E-state index contributed by atoms with van der Waals surface area (Å²) in [6, 6.07) is 19.1. The molecule has 0 fully saturated rings. The number of phenolic OH excluding ortho intramolecular Hbond substituents is 1. The van der Waals surface area contributed by atoms with Crippen molar-refractivity contribution >= 4 is 35.5 Å². The second kappa shape index (κ2) is 11.2. The molecule has 3 aromatic rings. The first-order valence-electron chi connectivity index (χ1n) is 10.4. The van der Waals surface area contributed by atoms with Crippen LogP contribution in [0.15, 0.2) is 83.6 Å². The van der Waals surface area contributed by atoms with Gasteiger partial charge in [0.15, 0.2) is 0 Å². The summed E-state index contributed by atoms with van der Waals surface area (Å²) >= 11 is 0. The first kappa shape index (κ1) is 24.6. The van der Waals surface area contributed by atoms with E-state index in [2.05, 4.69) is 15.8 Å². The third kappa shape index (κ3) is 6.75. The fourth-order valence-electron chi connectivity index (χ4n) is 3.01. The zero-order valence-corrected chi connectivity index (χ0v) is 19.0. The Balaban J connectivity index is 1.86. The van der Waals surface area contributed by atoms with E-state index in [0.29, 0.717) is 11.1 Å². The molecule has 0 heterocycles. The third-order valence-electron chi connectivity index (χ3n) is 4.83. The number of aromatic hydroxyl groups is 1. The molecule has 0 radical (unpaired) electrons. The SMILES string of the molecule is CN(C)c1ccc(/C=C(/NC(=O)c2ccccc2)C(=O)N/N=C/c2cc(O)ccc2[N+](=O)[O-])cc1. The van der Waals surface area contributed by atoms with Crippen molar-refractivity contribution in [2.45, 2.75) is 0 Å². The molecule has 10 nitrogen and oxygen atoms in total. The number of carbonyl (C=O) groups is 2. The van der Waals surface area contributed by atoms with Gasteiger partial charge in [0.2, 0.25) is 0 Å². The summed E-state index contributed by atoms with van der Waals surface area (Å²) in [5, 5.41) is 27.1. The molecule has 3 N–H and O–H groups in total. The van der Waals surface area contributed by atoms with E-state index in [-0.39, 0.29) is 22.7 Å². The number of hydrogen-bond acceptors (Lipinski definition) is 7. The van der Waals surface area contributed by atoms with E-state index < -0.39 is 16.7 Å². The monoisotopic (exact) mass is 473 g/mol. The smallest absolute Gasteiger partial charge is 0.287 e. The lowest BCUT2D eigenvalue weighted by Crippen LogP contribution is -2.32. The van der Waals surface area contributed by atoms with Crippen molar-refractivity contribution in [2.24, 2.45) is 5.10 Å². The lowest BCUT2D eigenvalue weighted by atomic mass is 10.1. The van der Waals surface area contributed by atoms with Crippen LogP contribution in [-0.4, -0.2) is 42.2 Å². The predicted octanol–water partition coefficient (Wildman–Crippen LogP) is 3.29. The number of phenols is 1. The maximum atomic E-state index is 12.9. The molecule has 0 saturated carbocycles. The summed E-state index contributed by atoms with van der Waals surface area (Å²) in [6.07, 6.45) is 2.53. The van der Waals surface area contributed by atoms with Crippen LogP contribution in [0.3, 0.4) is 0 Å². The van der Waals surface area contributed by atoms with Crippen LogP contribution in [0.25, 0.3) is 6.08 Å². The molecular formula is C25H23N5O5. The molecule has 0 bridgehead atoms. The molecular weight excluding hydrogens is 450 g/mol. The minimum Gasteiger partial charge on any atom is -0.508 e. The molecule has 0 aromatic heterocycles. The Morgan fingerprint density at radius 2 is 1.71 bits per heavy atom. The Kier molecular flexibility index (Phi) is 7.91. The number of rotatable bonds is 8. The van der Waals surface area contributed by atoms with Crippen LogP contribution in [0.4, 0.5) is 11.4 Å². The fourth-order valence-corrected chi connectivity index (χ4v) is 3.01. The first-order valence-corrected chi connectivity index (χ1v) is 10.4. The van der Waals surface area contributed by atoms with Gasteiger partial charge in [-0.1, -0.05) is 30.3 Å². The van der Waals surface area contributed by atoms with Gasteiger partial charge in [-0.25, -0.2) is 5.43 Å². The number of amides is 2. The average molecular weight is 473 g/mol. The van der Waals surface area contributed by atoms with Gasteiger partial charge in [0.05, 0.1) is 16.7 Å². The number of nitrogens with one attached hydrogen (secondary N) is 2. The van der Waals surface area contributed by atoms with Crippen molar-refractivity contribution in [1.29, 1.82) is 0 Å². The van der Waals surface area contributed by atoms with Crippen molar-refractivity contribution in [1.82, 2.24) is 10.7 Å². The number of hydrazone groups is 1. The molecule has 178 valence electrons. The lowest BCUT2D eigenvalue weighted by Gasteiger charge is -2.12. The molecule has 0 atom stereocenters. The van der Waals surface area contributed by atoms with Crippen LogP contribution in [0, 0.1) is 10.1 Å². The van der Waals surface area contributed by atoms with Gasteiger partial charge in [0, 0.05) is 31.4 Å². The van der Waals surface area contributed by atoms with Gasteiger partial charge in [-0.3, -0.25) is 19.7 Å². The second-order valence-electron chi connectivity index (χ2n) is 7.56. The van der Waals surface area contributed by atoms with E-state index in [4.69, 9.17) is 0 Å². The van der Waals surface area contributed by atoms with Crippen LogP contribution in [0.5, 0.6) is 5.75 Å². The highest BCUT2D eigenvalue weighted by Gasteiger charge is 2.16. The Bertz CT molecular complexity index is 1290. The summed E-state index contributed by atoms with van der Waals surface area (Å²) in [7, 11) is 3.80. The van der Waals surface area contributed by atoms with Crippen LogP contribution in [0.2, 0.25) is 0 Å². The fraction of sp³-hybridized carbons (Fsp3) is 0.0800. The van der Waals surface area contributed by atoms with Gasteiger partial charge >= 0.3 is 0 Å². The van der Waals surface area contributed by atoms with Crippen molar-refractivity contribution in [3.05, 3.63) is 105 Å². The highest BCUT2D eigenvalue weighted by atomic mass is 16.6. The van der Waals surface area contributed by atoms with E-state index in [0.717, 1.165) is 24.0 Å². The molecule has 0 saturated heterocycles. The maximum Gasteiger partial charge on any atom is 0.287 e. The van der Waals surface area contributed by atoms with Gasteiger partial charge in [-0.05, 0) is 48.0 Å². The Labute approximate surface area is 201 Å². The second-order valence-corrected chi connectivity index (χ2v) is 7.56. The summed E-state index contributed by atoms with van der Waals surface area (Å²) in [5.41, 5.74) is 3.84. The molecule has 0 aliphatic rings. The van der Waals surface area contributed by atoms with E-state index in [1.165, 1.54) is 12.1 Å². The van der Waals surface area contributed by atoms with Gasteiger partial charge < -0.3 is 15.3 Å². The lowest BCUT2D eigenvalue weighted by molar-refractivity contribution is -0.385. The number of hydrogen-bond donors (Lipinski definition) is 3. The molecule has 0 aliphatic heterocycles. The highest BCUT2D eigenvalue weighted by molar-refractivity contribution is 6.05. The molecule has 0 aliphatic carbocycles. The topological polar surface area (TPSA) is 137 Å². The number of nitro benzene ring substituents is 1. The minimum atomic E-state index is -0.745. The molecule has 10 heteroatoms. The molecule has 0 spiro atoms. The van der Waals surface area contributed by atoms with Crippen LogP contribution in [0.1, 0.15) is 21.5 Å². The minimum absolute atomic E-state index is 0.00609. The van der Waals surface area contributed by atoms with Crippen molar-refractivity contribution in [2.75, 3.05) is 19.0 Å². The van der Waals surface area contributed by atoms with Crippen molar-refractivity contribution < 1.29 is 19.6 Å². The van der Waals surface area contributed by atoms with Gasteiger partial charge in [0.25, 0.3) is 17.5 Å². The first-order chi connectivity index (χ1) is 16.7. The van der Waals surface area contributed by atoms with E-state index in [9.17, 15) is 24.8 Å². The third-order valence-corrected chi connectivity index (χ3v) is 4.83. The summed E-state index contributed by atoms with van der Waals surface area (Å²) in [5.74, 6) is -1.44. The van der Waals surface area contributed by atoms with Gasteiger partial charge in [-0.15, -0.1) is 0 Å².